The van der Waals surface area contributed by atoms with Crippen molar-refractivity contribution >= 4 is 11.6 Å². The average Bonchev–Trinajstić information content (AvgIpc) is 2.12. The molecule has 0 aromatic carbocycles. The molecule has 0 aliphatic heterocycles. The molecule has 0 amide bonds. The summed E-state index contributed by atoms with van der Waals surface area (Å²) >= 11 is 6.21. The Morgan fingerprint density at radius 1 is 1.47 bits per heavy atom. The molecule has 1 aliphatic carbocycles. The van der Waals surface area contributed by atoms with E-state index in [1.54, 1.807) is 0 Å². The first-order chi connectivity index (χ1) is 7.18. The molecule has 0 bridgehead atoms. The Labute approximate surface area is 95.8 Å². The zero-order valence-corrected chi connectivity index (χ0v) is 9.85. The molecule has 1 saturated carbocycles. The summed E-state index contributed by atoms with van der Waals surface area (Å²) in [6.07, 6.45) is 4.71. The zero-order chi connectivity index (χ0) is 10.9. The van der Waals surface area contributed by atoms with Crippen LogP contribution in [0.3, 0.4) is 0 Å². The highest BCUT2D eigenvalue weighted by Crippen LogP contribution is 2.47. The monoisotopic (exact) mass is 224 g/mol. The third-order valence-electron chi connectivity index (χ3n) is 3.49. The van der Waals surface area contributed by atoms with Crippen molar-refractivity contribution in [1.29, 1.82) is 0 Å². The van der Waals surface area contributed by atoms with Gasteiger partial charge < -0.3 is 5.73 Å². The van der Waals surface area contributed by atoms with Gasteiger partial charge in [-0.15, -0.1) is 0 Å². The Kier molecular flexibility index (Phi) is 2.98. The maximum atomic E-state index is 6.21. The van der Waals surface area contributed by atoms with E-state index in [0.29, 0.717) is 5.15 Å². The number of halogens is 1. The van der Waals surface area contributed by atoms with Gasteiger partial charge in [0.15, 0.2) is 0 Å². The van der Waals surface area contributed by atoms with Gasteiger partial charge in [-0.25, -0.2) is 4.98 Å². The molecule has 2 nitrogen and oxygen atoms in total. The van der Waals surface area contributed by atoms with Gasteiger partial charge in [0.1, 0.15) is 5.15 Å². The summed E-state index contributed by atoms with van der Waals surface area (Å²) in [6, 6.07) is 4.16. The first-order valence-electron chi connectivity index (χ1n) is 5.52. The summed E-state index contributed by atoms with van der Waals surface area (Å²) in [5.74, 6) is 0. The van der Waals surface area contributed by atoms with E-state index in [9.17, 15) is 0 Å². The molecule has 0 saturated heterocycles. The van der Waals surface area contributed by atoms with E-state index in [0.717, 1.165) is 18.7 Å². The molecule has 0 radical (unpaired) electrons. The number of nitrogens with zero attached hydrogens (tertiary/aromatic N) is 1. The summed E-state index contributed by atoms with van der Waals surface area (Å²) in [5, 5.41) is 0.670. The van der Waals surface area contributed by atoms with Crippen molar-refractivity contribution in [2.75, 3.05) is 6.54 Å². The Hall–Kier alpha value is -0.600. The molecule has 1 aliphatic rings. The second-order valence-electron chi connectivity index (χ2n) is 4.46. The van der Waals surface area contributed by atoms with Crippen LogP contribution in [0, 0.1) is 6.92 Å². The topological polar surface area (TPSA) is 38.9 Å². The van der Waals surface area contributed by atoms with Crippen LogP contribution < -0.4 is 5.73 Å². The SMILES string of the molecule is Cc1ccc(C2(CCN)CCC2)c(Cl)n1. The first kappa shape index (κ1) is 10.9. The van der Waals surface area contributed by atoms with Crippen molar-refractivity contribution in [1.82, 2.24) is 4.98 Å². The van der Waals surface area contributed by atoms with Crippen LogP contribution in [0.15, 0.2) is 12.1 Å². The molecule has 0 atom stereocenters. The van der Waals surface area contributed by atoms with Crippen LogP contribution >= 0.6 is 11.6 Å². The quantitative estimate of drug-likeness (QED) is 0.802. The predicted molar refractivity (Wildman–Crippen MR) is 63.2 cm³/mol. The number of nitrogens with two attached hydrogens (primary N) is 1. The Morgan fingerprint density at radius 3 is 2.67 bits per heavy atom. The van der Waals surface area contributed by atoms with Gasteiger partial charge in [0.25, 0.3) is 0 Å². The van der Waals surface area contributed by atoms with E-state index in [4.69, 9.17) is 17.3 Å². The summed E-state index contributed by atoms with van der Waals surface area (Å²) in [7, 11) is 0. The van der Waals surface area contributed by atoms with Gasteiger partial charge in [0, 0.05) is 5.69 Å². The maximum Gasteiger partial charge on any atom is 0.133 e. The molecule has 15 heavy (non-hydrogen) atoms. The van der Waals surface area contributed by atoms with Crippen LogP contribution in [-0.4, -0.2) is 11.5 Å². The van der Waals surface area contributed by atoms with Gasteiger partial charge in [-0.1, -0.05) is 24.1 Å². The minimum absolute atomic E-state index is 0.229. The van der Waals surface area contributed by atoms with Gasteiger partial charge in [0.05, 0.1) is 0 Å². The predicted octanol–water partition coefficient (Wildman–Crippen LogP) is 2.81. The number of aryl methyl sites for hydroxylation is 1. The Bertz CT molecular complexity index is 359. The minimum Gasteiger partial charge on any atom is -0.330 e. The minimum atomic E-state index is 0.229. The van der Waals surface area contributed by atoms with Crippen LogP contribution in [0.2, 0.25) is 5.15 Å². The lowest BCUT2D eigenvalue weighted by atomic mass is 9.63. The molecule has 1 heterocycles. The van der Waals surface area contributed by atoms with Crippen LogP contribution in [-0.2, 0) is 5.41 Å². The highest BCUT2D eigenvalue weighted by Gasteiger charge is 2.39. The van der Waals surface area contributed by atoms with E-state index in [2.05, 4.69) is 11.1 Å². The molecule has 3 heteroatoms. The number of hydrogen-bond donors (Lipinski definition) is 1. The normalized spacial score (nSPS) is 18.6. The van der Waals surface area contributed by atoms with Crippen molar-refractivity contribution in [3.63, 3.8) is 0 Å². The summed E-state index contributed by atoms with van der Waals surface area (Å²) in [4.78, 5) is 4.33. The van der Waals surface area contributed by atoms with Crippen molar-refractivity contribution < 1.29 is 0 Å². The van der Waals surface area contributed by atoms with Crippen LogP contribution in [0.5, 0.6) is 0 Å². The highest BCUT2D eigenvalue weighted by molar-refractivity contribution is 6.30. The zero-order valence-electron chi connectivity index (χ0n) is 9.09. The van der Waals surface area contributed by atoms with E-state index in [1.807, 2.05) is 13.0 Å². The smallest absolute Gasteiger partial charge is 0.133 e. The van der Waals surface area contributed by atoms with Crippen LogP contribution in [0.4, 0.5) is 0 Å². The van der Waals surface area contributed by atoms with E-state index < -0.39 is 0 Å². The summed E-state index contributed by atoms with van der Waals surface area (Å²) in [6.45, 7) is 2.69. The molecule has 82 valence electrons. The van der Waals surface area contributed by atoms with Gasteiger partial charge in [-0.05, 0) is 49.8 Å². The molecule has 1 aromatic heterocycles. The number of pyridine rings is 1. The second-order valence-corrected chi connectivity index (χ2v) is 4.82. The van der Waals surface area contributed by atoms with Crippen molar-refractivity contribution in [2.45, 2.75) is 38.0 Å². The molecule has 0 spiro atoms. The summed E-state index contributed by atoms with van der Waals surface area (Å²) < 4.78 is 0. The average molecular weight is 225 g/mol. The molecule has 2 rings (SSSR count). The van der Waals surface area contributed by atoms with Crippen LogP contribution in [0.25, 0.3) is 0 Å². The third kappa shape index (κ3) is 1.88. The number of rotatable bonds is 3. The highest BCUT2D eigenvalue weighted by atomic mass is 35.5. The van der Waals surface area contributed by atoms with E-state index >= 15 is 0 Å². The second kappa shape index (κ2) is 4.11. The molecular formula is C12H17ClN2. The van der Waals surface area contributed by atoms with Crippen molar-refractivity contribution in [2.24, 2.45) is 5.73 Å². The molecule has 1 aromatic rings. The fraction of sp³-hybridized carbons (Fsp3) is 0.583. The maximum absolute atomic E-state index is 6.21. The van der Waals surface area contributed by atoms with Crippen LogP contribution in [0.1, 0.15) is 36.9 Å². The molecular weight excluding hydrogens is 208 g/mol. The Morgan fingerprint density at radius 2 is 2.20 bits per heavy atom. The third-order valence-corrected chi connectivity index (χ3v) is 3.78. The fourth-order valence-corrected chi connectivity index (χ4v) is 2.85. The largest absolute Gasteiger partial charge is 0.330 e. The first-order valence-corrected chi connectivity index (χ1v) is 5.89. The lowest BCUT2D eigenvalue weighted by molar-refractivity contribution is 0.229. The van der Waals surface area contributed by atoms with Gasteiger partial charge in [-0.2, -0.15) is 0 Å². The number of hydrogen-bond acceptors (Lipinski definition) is 2. The van der Waals surface area contributed by atoms with Gasteiger partial charge >= 0.3 is 0 Å². The van der Waals surface area contributed by atoms with E-state index in [-0.39, 0.29) is 5.41 Å². The van der Waals surface area contributed by atoms with E-state index in [1.165, 1.54) is 24.8 Å². The van der Waals surface area contributed by atoms with Gasteiger partial charge in [0.2, 0.25) is 0 Å². The molecule has 0 unspecified atom stereocenters. The lowest BCUT2D eigenvalue weighted by Crippen LogP contribution is -2.36. The fourth-order valence-electron chi connectivity index (χ4n) is 2.45. The number of aromatic nitrogens is 1. The van der Waals surface area contributed by atoms with Crippen molar-refractivity contribution in [3.8, 4) is 0 Å². The Balaban J connectivity index is 2.34. The standard InChI is InChI=1S/C12H17ClN2/c1-9-3-4-10(11(13)15-9)12(7-8-14)5-2-6-12/h3-4H,2,5-8,14H2,1H3. The van der Waals surface area contributed by atoms with Gasteiger partial charge in [-0.3, -0.25) is 0 Å². The van der Waals surface area contributed by atoms with Crippen molar-refractivity contribution in [3.05, 3.63) is 28.5 Å². The molecule has 1 fully saturated rings. The lowest BCUT2D eigenvalue weighted by Gasteiger charge is -2.42. The summed E-state index contributed by atoms with van der Waals surface area (Å²) in [5.41, 5.74) is 8.08. The molecule has 2 N–H and O–H groups in total.